The van der Waals surface area contributed by atoms with E-state index < -0.39 is 0 Å². The molecular weight excluding hydrogens is 248 g/mol. The van der Waals surface area contributed by atoms with Gasteiger partial charge >= 0.3 is 5.97 Å². The van der Waals surface area contributed by atoms with E-state index in [2.05, 4.69) is 6.92 Å². The summed E-state index contributed by atoms with van der Waals surface area (Å²) >= 11 is 0. The number of esters is 1. The van der Waals surface area contributed by atoms with Crippen LogP contribution in [0.3, 0.4) is 0 Å². The lowest BCUT2D eigenvalue weighted by Gasteiger charge is -2.05. The molecule has 0 aromatic heterocycles. The van der Waals surface area contributed by atoms with E-state index >= 15 is 0 Å². The van der Waals surface area contributed by atoms with Crippen LogP contribution in [0, 0.1) is 5.92 Å². The Morgan fingerprint density at radius 2 is 1.35 bits per heavy atom. The van der Waals surface area contributed by atoms with Gasteiger partial charge in [0.25, 0.3) is 0 Å². The second-order valence-corrected chi connectivity index (χ2v) is 6.33. The molecule has 2 heteroatoms. The minimum Gasteiger partial charge on any atom is -0.465 e. The minimum absolute atomic E-state index is 0.0491. The summed E-state index contributed by atoms with van der Waals surface area (Å²) < 4.78 is 4.98. The van der Waals surface area contributed by atoms with Crippen molar-refractivity contribution in [2.24, 2.45) is 5.92 Å². The standard InChI is InChI=1S/C18H34O2/c1-2-3-4-5-6-7-8-9-10-11-12-13-14-17-15-16-20-18(17)19/h17H,2-16H2,1H3. The highest BCUT2D eigenvalue weighted by molar-refractivity contribution is 5.73. The first-order valence-corrected chi connectivity index (χ1v) is 9.01. The Bertz CT molecular complexity index is 238. The molecule has 1 aliphatic heterocycles. The summed E-state index contributed by atoms with van der Waals surface area (Å²) in [6.07, 6.45) is 18.5. The highest BCUT2D eigenvalue weighted by Crippen LogP contribution is 2.21. The van der Waals surface area contributed by atoms with E-state index in [9.17, 15) is 4.79 Å². The Morgan fingerprint density at radius 1 is 0.850 bits per heavy atom. The molecule has 1 heterocycles. The summed E-state index contributed by atoms with van der Waals surface area (Å²) in [7, 11) is 0. The molecule has 0 aromatic rings. The largest absolute Gasteiger partial charge is 0.465 e. The van der Waals surface area contributed by atoms with Crippen LogP contribution in [0.5, 0.6) is 0 Å². The number of rotatable bonds is 13. The molecule has 2 nitrogen and oxygen atoms in total. The van der Waals surface area contributed by atoms with Gasteiger partial charge in [-0.2, -0.15) is 0 Å². The molecule has 1 atom stereocenters. The summed E-state index contributed by atoms with van der Waals surface area (Å²) in [6, 6.07) is 0. The van der Waals surface area contributed by atoms with Gasteiger partial charge in [0.2, 0.25) is 0 Å². The van der Waals surface area contributed by atoms with E-state index in [1.54, 1.807) is 0 Å². The molecule has 0 bridgehead atoms. The van der Waals surface area contributed by atoms with Crippen molar-refractivity contribution >= 4 is 5.97 Å². The number of cyclic esters (lactones) is 1. The van der Waals surface area contributed by atoms with E-state index in [1.807, 2.05) is 0 Å². The van der Waals surface area contributed by atoms with Crippen LogP contribution in [-0.2, 0) is 9.53 Å². The van der Waals surface area contributed by atoms with Gasteiger partial charge in [0.05, 0.1) is 12.5 Å². The normalized spacial score (nSPS) is 18.4. The quantitative estimate of drug-likeness (QED) is 0.323. The van der Waals surface area contributed by atoms with Gasteiger partial charge in [0.1, 0.15) is 0 Å². The van der Waals surface area contributed by atoms with E-state index in [-0.39, 0.29) is 11.9 Å². The van der Waals surface area contributed by atoms with Gasteiger partial charge in [0, 0.05) is 0 Å². The van der Waals surface area contributed by atoms with Crippen LogP contribution in [0.1, 0.15) is 96.8 Å². The van der Waals surface area contributed by atoms with E-state index in [0.29, 0.717) is 6.61 Å². The molecule has 1 rings (SSSR count). The number of ether oxygens (including phenoxy) is 1. The molecule has 0 saturated carbocycles. The lowest BCUT2D eigenvalue weighted by atomic mass is 9.99. The zero-order chi connectivity index (χ0) is 14.5. The monoisotopic (exact) mass is 282 g/mol. The number of unbranched alkanes of at least 4 members (excludes halogenated alkanes) is 11. The smallest absolute Gasteiger partial charge is 0.309 e. The Kier molecular flexibility index (Phi) is 10.7. The molecule has 0 amide bonds. The van der Waals surface area contributed by atoms with E-state index in [0.717, 1.165) is 12.8 Å². The maximum Gasteiger partial charge on any atom is 0.309 e. The molecule has 0 spiro atoms. The van der Waals surface area contributed by atoms with Crippen LogP contribution < -0.4 is 0 Å². The predicted octanol–water partition coefficient (Wildman–Crippen LogP) is 5.64. The molecule has 118 valence electrons. The molecule has 0 aromatic carbocycles. The summed E-state index contributed by atoms with van der Waals surface area (Å²) in [5.41, 5.74) is 0. The average Bonchev–Trinajstić information content (AvgIpc) is 2.85. The maximum absolute atomic E-state index is 11.3. The fourth-order valence-electron chi connectivity index (χ4n) is 3.03. The second-order valence-electron chi connectivity index (χ2n) is 6.33. The molecule has 0 aliphatic carbocycles. The Hall–Kier alpha value is -0.530. The number of hydrogen-bond acceptors (Lipinski definition) is 2. The van der Waals surface area contributed by atoms with E-state index in [1.165, 1.54) is 77.0 Å². The predicted molar refractivity (Wildman–Crippen MR) is 84.8 cm³/mol. The highest BCUT2D eigenvalue weighted by Gasteiger charge is 2.25. The van der Waals surface area contributed by atoms with Crippen molar-refractivity contribution in [3.8, 4) is 0 Å². The Labute approximate surface area is 125 Å². The first kappa shape index (κ1) is 17.5. The minimum atomic E-state index is 0.0491. The number of carbonyl (C=O) groups excluding carboxylic acids is 1. The van der Waals surface area contributed by atoms with Gasteiger partial charge in [0.15, 0.2) is 0 Å². The van der Waals surface area contributed by atoms with Crippen LogP contribution in [0.25, 0.3) is 0 Å². The topological polar surface area (TPSA) is 26.3 Å². The van der Waals surface area contributed by atoms with Gasteiger partial charge < -0.3 is 4.74 Å². The summed E-state index contributed by atoms with van der Waals surface area (Å²) in [4.78, 5) is 11.3. The number of carbonyl (C=O) groups is 1. The van der Waals surface area contributed by atoms with Crippen molar-refractivity contribution < 1.29 is 9.53 Å². The zero-order valence-electron chi connectivity index (χ0n) is 13.5. The average molecular weight is 282 g/mol. The van der Waals surface area contributed by atoms with Gasteiger partial charge in [-0.3, -0.25) is 4.79 Å². The van der Waals surface area contributed by atoms with Gasteiger partial charge in [-0.1, -0.05) is 84.0 Å². The molecule has 20 heavy (non-hydrogen) atoms. The molecule has 0 radical (unpaired) electrons. The van der Waals surface area contributed by atoms with Crippen molar-refractivity contribution in [1.29, 1.82) is 0 Å². The third-order valence-corrected chi connectivity index (χ3v) is 4.45. The second kappa shape index (κ2) is 12.2. The lowest BCUT2D eigenvalue weighted by Crippen LogP contribution is -2.06. The summed E-state index contributed by atoms with van der Waals surface area (Å²) in [5.74, 6) is 0.270. The van der Waals surface area contributed by atoms with Crippen molar-refractivity contribution in [3.63, 3.8) is 0 Å². The summed E-state index contributed by atoms with van der Waals surface area (Å²) in [6.45, 7) is 2.93. The molecule has 1 unspecified atom stereocenters. The fraction of sp³-hybridized carbons (Fsp3) is 0.944. The third kappa shape index (κ3) is 8.60. The van der Waals surface area contributed by atoms with Gasteiger partial charge in [-0.15, -0.1) is 0 Å². The van der Waals surface area contributed by atoms with Crippen LogP contribution >= 0.6 is 0 Å². The summed E-state index contributed by atoms with van der Waals surface area (Å²) in [5, 5.41) is 0. The Morgan fingerprint density at radius 3 is 1.80 bits per heavy atom. The first-order valence-electron chi connectivity index (χ1n) is 9.01. The van der Waals surface area contributed by atoms with Gasteiger partial charge in [-0.25, -0.2) is 0 Å². The Balaban J connectivity index is 1.73. The van der Waals surface area contributed by atoms with Crippen molar-refractivity contribution in [2.45, 2.75) is 96.8 Å². The van der Waals surface area contributed by atoms with Crippen LogP contribution in [-0.4, -0.2) is 12.6 Å². The molecule has 1 fully saturated rings. The van der Waals surface area contributed by atoms with Crippen LogP contribution in [0.2, 0.25) is 0 Å². The third-order valence-electron chi connectivity index (χ3n) is 4.45. The van der Waals surface area contributed by atoms with Crippen molar-refractivity contribution in [3.05, 3.63) is 0 Å². The van der Waals surface area contributed by atoms with Crippen molar-refractivity contribution in [1.82, 2.24) is 0 Å². The molecular formula is C18H34O2. The first-order chi connectivity index (χ1) is 9.84. The van der Waals surface area contributed by atoms with E-state index in [4.69, 9.17) is 4.74 Å². The van der Waals surface area contributed by atoms with Crippen LogP contribution in [0.15, 0.2) is 0 Å². The van der Waals surface area contributed by atoms with Crippen molar-refractivity contribution in [2.75, 3.05) is 6.61 Å². The van der Waals surface area contributed by atoms with Crippen LogP contribution in [0.4, 0.5) is 0 Å². The SMILES string of the molecule is CCCCCCCCCCCCCCC1CCOC1=O. The highest BCUT2D eigenvalue weighted by atomic mass is 16.5. The zero-order valence-corrected chi connectivity index (χ0v) is 13.5. The van der Waals surface area contributed by atoms with Gasteiger partial charge in [-0.05, 0) is 12.8 Å². The lowest BCUT2D eigenvalue weighted by molar-refractivity contribution is -0.141. The number of hydrogen-bond donors (Lipinski definition) is 0. The fourth-order valence-corrected chi connectivity index (χ4v) is 3.03. The molecule has 1 aliphatic rings. The molecule has 1 saturated heterocycles. The maximum atomic E-state index is 11.3. The molecule has 0 N–H and O–H groups in total.